The summed E-state index contributed by atoms with van der Waals surface area (Å²) in [5, 5.41) is 19.1. The molecule has 2 aromatic carbocycles. The molecule has 0 spiro atoms. The van der Waals surface area contributed by atoms with Crippen LogP contribution in [-0.2, 0) is 0 Å². The summed E-state index contributed by atoms with van der Waals surface area (Å²) in [5.41, 5.74) is 7.38. The van der Waals surface area contributed by atoms with Gasteiger partial charge < -0.3 is 5.73 Å². The Morgan fingerprint density at radius 3 is 2.60 bits per heavy atom. The molecule has 2 rings (SSSR count). The Bertz CT molecular complexity index is 701. The molecular formula is C13H11ClN4O2. The molecule has 7 heteroatoms. The van der Waals surface area contributed by atoms with E-state index in [0.29, 0.717) is 16.4 Å². The Morgan fingerprint density at radius 2 is 1.95 bits per heavy atom. The zero-order valence-corrected chi connectivity index (χ0v) is 11.3. The van der Waals surface area contributed by atoms with E-state index >= 15 is 0 Å². The van der Waals surface area contributed by atoms with Gasteiger partial charge in [-0.3, -0.25) is 10.1 Å². The normalized spacial score (nSPS) is 10.9. The molecule has 2 aromatic rings. The molecule has 0 aliphatic heterocycles. The zero-order chi connectivity index (χ0) is 14.7. The number of nitrogens with zero attached hydrogens (tertiary/aromatic N) is 3. The maximum Gasteiger partial charge on any atom is 0.296 e. The van der Waals surface area contributed by atoms with E-state index in [0.717, 1.165) is 5.56 Å². The minimum Gasteiger partial charge on any atom is -0.398 e. The minimum atomic E-state index is -0.489. The van der Waals surface area contributed by atoms with Gasteiger partial charge in [-0.25, -0.2) is 0 Å². The van der Waals surface area contributed by atoms with E-state index in [4.69, 9.17) is 17.3 Å². The van der Waals surface area contributed by atoms with Crippen LogP contribution in [0.5, 0.6) is 0 Å². The average molecular weight is 291 g/mol. The number of nitrogen functional groups attached to an aromatic ring is 1. The molecule has 20 heavy (non-hydrogen) atoms. The van der Waals surface area contributed by atoms with E-state index in [1.54, 1.807) is 37.3 Å². The van der Waals surface area contributed by atoms with Crippen molar-refractivity contribution in [1.29, 1.82) is 0 Å². The van der Waals surface area contributed by atoms with Gasteiger partial charge in [-0.15, -0.1) is 5.11 Å². The van der Waals surface area contributed by atoms with Crippen LogP contribution in [0.25, 0.3) is 0 Å². The molecule has 0 atom stereocenters. The molecule has 2 N–H and O–H groups in total. The molecular weight excluding hydrogens is 280 g/mol. The standard InChI is InChI=1S/C13H11ClN4O2/c1-8-2-5-12(13(6-8)18(19)20)17-16-9-3-4-11(15)10(14)7-9/h2-7H,15H2,1H3. The molecule has 0 saturated carbocycles. The van der Waals surface area contributed by atoms with Crippen LogP contribution in [0.4, 0.5) is 22.7 Å². The number of anilines is 1. The lowest BCUT2D eigenvalue weighted by molar-refractivity contribution is -0.384. The van der Waals surface area contributed by atoms with E-state index in [1.165, 1.54) is 6.07 Å². The molecule has 0 unspecified atom stereocenters. The topological polar surface area (TPSA) is 93.9 Å². The Morgan fingerprint density at radius 1 is 1.20 bits per heavy atom. The monoisotopic (exact) mass is 290 g/mol. The lowest BCUT2D eigenvalue weighted by atomic mass is 10.2. The third kappa shape index (κ3) is 3.10. The van der Waals surface area contributed by atoms with E-state index in [2.05, 4.69) is 10.2 Å². The Labute approximate surface area is 120 Å². The second-order valence-corrected chi connectivity index (χ2v) is 4.56. The molecule has 0 bridgehead atoms. The van der Waals surface area contributed by atoms with Crippen LogP contribution in [0.3, 0.4) is 0 Å². The van der Waals surface area contributed by atoms with Crippen LogP contribution in [0, 0.1) is 17.0 Å². The summed E-state index contributed by atoms with van der Waals surface area (Å²) in [5.74, 6) is 0. The smallest absolute Gasteiger partial charge is 0.296 e. The SMILES string of the molecule is Cc1ccc(N=Nc2ccc(N)c(Cl)c2)c([N+](=O)[O-])c1. The number of azo groups is 1. The van der Waals surface area contributed by atoms with Gasteiger partial charge in [0, 0.05) is 6.07 Å². The lowest BCUT2D eigenvalue weighted by Crippen LogP contribution is -1.88. The van der Waals surface area contributed by atoms with E-state index in [-0.39, 0.29) is 11.4 Å². The molecule has 0 heterocycles. The first kappa shape index (κ1) is 14.0. The maximum absolute atomic E-state index is 11.0. The largest absolute Gasteiger partial charge is 0.398 e. The third-order valence-electron chi connectivity index (χ3n) is 2.58. The fourth-order valence-electron chi connectivity index (χ4n) is 1.55. The van der Waals surface area contributed by atoms with Gasteiger partial charge in [0.1, 0.15) is 0 Å². The van der Waals surface area contributed by atoms with Crippen molar-refractivity contribution in [2.75, 3.05) is 5.73 Å². The van der Waals surface area contributed by atoms with Gasteiger partial charge in [0.05, 0.1) is 21.3 Å². The highest BCUT2D eigenvalue weighted by Crippen LogP contribution is 2.31. The summed E-state index contributed by atoms with van der Waals surface area (Å²) in [4.78, 5) is 10.5. The first-order valence-electron chi connectivity index (χ1n) is 5.69. The molecule has 0 radical (unpaired) electrons. The summed E-state index contributed by atoms with van der Waals surface area (Å²) in [6.07, 6.45) is 0. The van der Waals surface area contributed by atoms with E-state index < -0.39 is 4.92 Å². The predicted molar refractivity (Wildman–Crippen MR) is 77.9 cm³/mol. The van der Waals surface area contributed by atoms with Crippen LogP contribution in [0.1, 0.15) is 5.56 Å². The summed E-state index contributed by atoms with van der Waals surface area (Å²) in [6.45, 7) is 1.77. The number of benzene rings is 2. The number of rotatable bonds is 3. The summed E-state index contributed by atoms with van der Waals surface area (Å²) in [7, 11) is 0. The van der Waals surface area contributed by atoms with Crippen LogP contribution in [0.2, 0.25) is 5.02 Å². The number of nitro benzene ring substituents is 1. The number of nitrogens with two attached hydrogens (primary N) is 1. The average Bonchev–Trinajstić information content (AvgIpc) is 2.41. The Hall–Kier alpha value is -2.47. The highest BCUT2D eigenvalue weighted by atomic mass is 35.5. The van der Waals surface area contributed by atoms with E-state index in [9.17, 15) is 10.1 Å². The van der Waals surface area contributed by atoms with Crippen molar-refractivity contribution in [2.24, 2.45) is 10.2 Å². The molecule has 102 valence electrons. The van der Waals surface area contributed by atoms with Crippen LogP contribution >= 0.6 is 11.6 Å². The molecule has 6 nitrogen and oxygen atoms in total. The zero-order valence-electron chi connectivity index (χ0n) is 10.6. The van der Waals surface area contributed by atoms with Crippen molar-refractivity contribution < 1.29 is 4.92 Å². The van der Waals surface area contributed by atoms with Gasteiger partial charge in [-0.05, 0) is 36.8 Å². The van der Waals surface area contributed by atoms with Crippen molar-refractivity contribution >= 4 is 34.4 Å². The van der Waals surface area contributed by atoms with Crippen LogP contribution in [-0.4, -0.2) is 4.92 Å². The number of hydrogen-bond donors (Lipinski definition) is 1. The van der Waals surface area contributed by atoms with Gasteiger partial charge in [0.25, 0.3) is 5.69 Å². The molecule has 0 saturated heterocycles. The van der Waals surface area contributed by atoms with Crippen molar-refractivity contribution in [1.82, 2.24) is 0 Å². The number of halogens is 1. The summed E-state index contributed by atoms with van der Waals surface area (Å²) < 4.78 is 0. The van der Waals surface area contributed by atoms with Gasteiger partial charge >= 0.3 is 0 Å². The maximum atomic E-state index is 11.0. The quantitative estimate of drug-likeness (QED) is 0.389. The summed E-state index contributed by atoms with van der Waals surface area (Å²) >= 11 is 5.86. The van der Waals surface area contributed by atoms with Crippen molar-refractivity contribution in [3.63, 3.8) is 0 Å². The molecule has 0 aliphatic rings. The third-order valence-corrected chi connectivity index (χ3v) is 2.91. The summed E-state index contributed by atoms with van der Waals surface area (Å²) in [6, 6.07) is 9.50. The fourth-order valence-corrected chi connectivity index (χ4v) is 1.73. The molecule has 0 fully saturated rings. The van der Waals surface area contributed by atoms with Crippen molar-refractivity contribution in [3.8, 4) is 0 Å². The highest BCUT2D eigenvalue weighted by Gasteiger charge is 2.13. The number of nitro groups is 1. The number of aryl methyl sites for hydroxylation is 1. The first-order chi connectivity index (χ1) is 9.47. The second kappa shape index (κ2) is 5.66. The first-order valence-corrected chi connectivity index (χ1v) is 6.07. The van der Waals surface area contributed by atoms with Gasteiger partial charge in [0.15, 0.2) is 5.69 Å². The molecule has 0 amide bonds. The Kier molecular flexibility index (Phi) is 3.95. The lowest BCUT2D eigenvalue weighted by Gasteiger charge is -1.99. The van der Waals surface area contributed by atoms with Crippen molar-refractivity contribution in [3.05, 3.63) is 57.1 Å². The van der Waals surface area contributed by atoms with Gasteiger partial charge in [-0.1, -0.05) is 17.7 Å². The van der Waals surface area contributed by atoms with Gasteiger partial charge in [0.2, 0.25) is 0 Å². The Balaban J connectivity index is 2.36. The van der Waals surface area contributed by atoms with E-state index in [1.807, 2.05) is 0 Å². The van der Waals surface area contributed by atoms with Crippen LogP contribution < -0.4 is 5.73 Å². The number of hydrogen-bond acceptors (Lipinski definition) is 5. The molecule has 0 aliphatic carbocycles. The minimum absolute atomic E-state index is 0.0877. The van der Waals surface area contributed by atoms with Crippen LogP contribution in [0.15, 0.2) is 46.6 Å². The molecule has 0 aromatic heterocycles. The predicted octanol–water partition coefficient (Wildman–Crippen LogP) is 4.55. The van der Waals surface area contributed by atoms with Crippen molar-refractivity contribution in [2.45, 2.75) is 6.92 Å². The highest BCUT2D eigenvalue weighted by molar-refractivity contribution is 6.33. The second-order valence-electron chi connectivity index (χ2n) is 4.16. The van der Waals surface area contributed by atoms with Gasteiger partial charge in [-0.2, -0.15) is 5.11 Å². The fraction of sp³-hybridized carbons (Fsp3) is 0.0769.